The summed E-state index contributed by atoms with van der Waals surface area (Å²) >= 11 is 3.29. The van der Waals surface area contributed by atoms with Crippen LogP contribution < -0.4 is 0 Å². The Hall–Kier alpha value is -0.410. The molecule has 0 aliphatic carbocycles. The molecule has 0 amide bonds. The Balaban J connectivity index is 2.75. The molecule has 1 rings (SSSR count). The van der Waals surface area contributed by atoms with E-state index < -0.39 is 6.10 Å². The lowest BCUT2D eigenvalue weighted by atomic mass is 9.95. The standard InChI is InChI=1S/C12H16BrFO/c1-3-8(2)12(15)7-9-6-10(13)4-5-11(9)14/h4-6,8,12,15H,3,7H2,1-2H3. The van der Waals surface area contributed by atoms with Gasteiger partial charge in [-0.3, -0.25) is 0 Å². The summed E-state index contributed by atoms with van der Waals surface area (Å²) in [7, 11) is 0. The number of hydrogen-bond acceptors (Lipinski definition) is 1. The average Bonchev–Trinajstić information content (AvgIpc) is 2.22. The van der Waals surface area contributed by atoms with Gasteiger partial charge in [0.25, 0.3) is 0 Å². The van der Waals surface area contributed by atoms with Crippen molar-refractivity contribution in [2.75, 3.05) is 0 Å². The van der Waals surface area contributed by atoms with Gasteiger partial charge in [0.05, 0.1) is 6.10 Å². The van der Waals surface area contributed by atoms with Crippen molar-refractivity contribution >= 4 is 15.9 Å². The zero-order valence-electron chi connectivity index (χ0n) is 9.00. The van der Waals surface area contributed by atoms with Gasteiger partial charge in [-0.05, 0) is 29.7 Å². The topological polar surface area (TPSA) is 20.2 Å². The first-order valence-corrected chi connectivity index (χ1v) is 5.96. The van der Waals surface area contributed by atoms with Gasteiger partial charge in [0.15, 0.2) is 0 Å². The van der Waals surface area contributed by atoms with Crippen LogP contribution in [0.2, 0.25) is 0 Å². The molecule has 0 radical (unpaired) electrons. The highest BCUT2D eigenvalue weighted by molar-refractivity contribution is 9.10. The van der Waals surface area contributed by atoms with Crippen molar-refractivity contribution < 1.29 is 9.50 Å². The second-order valence-corrected chi connectivity index (χ2v) is 4.81. The van der Waals surface area contributed by atoms with Gasteiger partial charge < -0.3 is 5.11 Å². The Bertz CT molecular complexity index is 327. The third kappa shape index (κ3) is 3.58. The predicted molar refractivity (Wildman–Crippen MR) is 63.3 cm³/mol. The van der Waals surface area contributed by atoms with Crippen LogP contribution in [0.15, 0.2) is 22.7 Å². The molecule has 84 valence electrons. The van der Waals surface area contributed by atoms with Crippen LogP contribution in [-0.2, 0) is 6.42 Å². The maximum Gasteiger partial charge on any atom is 0.126 e. The second-order valence-electron chi connectivity index (χ2n) is 3.89. The number of rotatable bonds is 4. The minimum Gasteiger partial charge on any atom is -0.393 e. The van der Waals surface area contributed by atoms with E-state index in [1.807, 2.05) is 13.8 Å². The van der Waals surface area contributed by atoms with E-state index in [9.17, 15) is 9.50 Å². The Labute approximate surface area is 98.4 Å². The number of hydrogen-bond donors (Lipinski definition) is 1. The monoisotopic (exact) mass is 274 g/mol. The molecule has 0 aliphatic rings. The van der Waals surface area contributed by atoms with E-state index in [1.165, 1.54) is 6.07 Å². The van der Waals surface area contributed by atoms with Crippen molar-refractivity contribution in [2.24, 2.45) is 5.92 Å². The SMILES string of the molecule is CCC(C)C(O)Cc1cc(Br)ccc1F. The maximum absolute atomic E-state index is 13.4. The zero-order valence-corrected chi connectivity index (χ0v) is 10.6. The maximum atomic E-state index is 13.4. The van der Waals surface area contributed by atoms with E-state index in [0.29, 0.717) is 12.0 Å². The Morgan fingerprint density at radius 2 is 2.13 bits per heavy atom. The quantitative estimate of drug-likeness (QED) is 0.891. The van der Waals surface area contributed by atoms with Crippen LogP contribution >= 0.6 is 15.9 Å². The van der Waals surface area contributed by atoms with E-state index in [-0.39, 0.29) is 11.7 Å². The van der Waals surface area contributed by atoms with E-state index in [2.05, 4.69) is 15.9 Å². The molecule has 3 heteroatoms. The normalized spacial score (nSPS) is 15.0. The fraction of sp³-hybridized carbons (Fsp3) is 0.500. The molecule has 0 aromatic heterocycles. The van der Waals surface area contributed by atoms with Crippen molar-refractivity contribution in [3.63, 3.8) is 0 Å². The van der Waals surface area contributed by atoms with E-state index in [4.69, 9.17) is 0 Å². The Morgan fingerprint density at radius 3 is 2.73 bits per heavy atom. The molecule has 1 N–H and O–H groups in total. The molecule has 0 saturated carbocycles. The first-order valence-electron chi connectivity index (χ1n) is 5.16. The molecule has 1 nitrogen and oxygen atoms in total. The first-order chi connectivity index (χ1) is 7.04. The van der Waals surface area contributed by atoms with Gasteiger partial charge in [-0.2, -0.15) is 0 Å². The lowest BCUT2D eigenvalue weighted by Gasteiger charge is -2.17. The zero-order chi connectivity index (χ0) is 11.4. The van der Waals surface area contributed by atoms with Crippen LogP contribution in [0, 0.1) is 11.7 Å². The molecule has 0 heterocycles. The molecule has 1 aromatic carbocycles. The Kier molecular flexibility index (Phi) is 4.74. The summed E-state index contributed by atoms with van der Waals surface area (Å²) in [6.45, 7) is 3.99. The van der Waals surface area contributed by atoms with Gasteiger partial charge in [-0.25, -0.2) is 4.39 Å². The lowest BCUT2D eigenvalue weighted by Crippen LogP contribution is -2.20. The number of benzene rings is 1. The van der Waals surface area contributed by atoms with Crippen LogP contribution in [-0.4, -0.2) is 11.2 Å². The van der Waals surface area contributed by atoms with E-state index >= 15 is 0 Å². The lowest BCUT2D eigenvalue weighted by molar-refractivity contribution is 0.114. The molecule has 0 saturated heterocycles. The van der Waals surface area contributed by atoms with Gasteiger partial charge in [0, 0.05) is 10.9 Å². The second kappa shape index (κ2) is 5.61. The molecule has 0 aliphatic heterocycles. The molecular formula is C12H16BrFO. The van der Waals surface area contributed by atoms with Gasteiger partial charge in [-0.15, -0.1) is 0 Å². The summed E-state index contributed by atoms with van der Waals surface area (Å²) < 4.78 is 14.2. The van der Waals surface area contributed by atoms with Crippen LogP contribution in [0.3, 0.4) is 0 Å². The molecule has 1 aromatic rings. The number of aliphatic hydroxyl groups excluding tert-OH is 1. The predicted octanol–water partition coefficient (Wildman–Crippen LogP) is 3.54. The summed E-state index contributed by atoms with van der Waals surface area (Å²) in [6, 6.07) is 4.80. The summed E-state index contributed by atoms with van der Waals surface area (Å²) in [5.74, 6) is -0.0519. The third-order valence-corrected chi connectivity index (χ3v) is 3.23. The number of halogens is 2. The fourth-order valence-electron chi connectivity index (χ4n) is 1.40. The van der Waals surface area contributed by atoms with Crippen LogP contribution in [0.1, 0.15) is 25.8 Å². The largest absolute Gasteiger partial charge is 0.393 e. The van der Waals surface area contributed by atoms with Gasteiger partial charge in [-0.1, -0.05) is 36.2 Å². The van der Waals surface area contributed by atoms with Crippen molar-refractivity contribution in [2.45, 2.75) is 32.8 Å². The third-order valence-electron chi connectivity index (χ3n) is 2.74. The van der Waals surface area contributed by atoms with E-state index in [1.54, 1.807) is 12.1 Å². The smallest absolute Gasteiger partial charge is 0.126 e. The molecule has 0 fully saturated rings. The van der Waals surface area contributed by atoms with Crippen LogP contribution in [0.5, 0.6) is 0 Å². The van der Waals surface area contributed by atoms with Gasteiger partial charge in [0.2, 0.25) is 0 Å². The van der Waals surface area contributed by atoms with Crippen LogP contribution in [0.4, 0.5) is 4.39 Å². The highest BCUT2D eigenvalue weighted by Crippen LogP contribution is 2.19. The minimum absolute atomic E-state index is 0.198. The highest BCUT2D eigenvalue weighted by Gasteiger charge is 2.15. The minimum atomic E-state index is -0.473. The summed E-state index contributed by atoms with van der Waals surface area (Å²) in [5.41, 5.74) is 0.567. The van der Waals surface area contributed by atoms with Crippen LogP contribution in [0.25, 0.3) is 0 Å². The summed E-state index contributed by atoms with van der Waals surface area (Å²) in [6.07, 6.45) is 0.802. The fourth-order valence-corrected chi connectivity index (χ4v) is 1.81. The van der Waals surface area contributed by atoms with Crippen molar-refractivity contribution in [3.05, 3.63) is 34.1 Å². The summed E-state index contributed by atoms with van der Waals surface area (Å²) in [4.78, 5) is 0. The first kappa shape index (κ1) is 12.7. The van der Waals surface area contributed by atoms with Gasteiger partial charge in [0.1, 0.15) is 5.82 Å². The molecular weight excluding hydrogens is 259 g/mol. The van der Waals surface area contributed by atoms with Crippen molar-refractivity contribution in [3.8, 4) is 0 Å². The van der Waals surface area contributed by atoms with Crippen molar-refractivity contribution in [1.82, 2.24) is 0 Å². The van der Waals surface area contributed by atoms with Gasteiger partial charge >= 0.3 is 0 Å². The highest BCUT2D eigenvalue weighted by atomic mass is 79.9. The molecule has 0 bridgehead atoms. The molecule has 2 atom stereocenters. The average molecular weight is 275 g/mol. The summed E-state index contributed by atoms with van der Waals surface area (Å²) in [5, 5.41) is 9.80. The van der Waals surface area contributed by atoms with E-state index in [0.717, 1.165) is 10.9 Å². The molecule has 0 spiro atoms. The number of aliphatic hydroxyl groups is 1. The van der Waals surface area contributed by atoms with Crippen molar-refractivity contribution in [1.29, 1.82) is 0 Å². The Morgan fingerprint density at radius 1 is 1.47 bits per heavy atom. The molecule has 2 unspecified atom stereocenters. The molecule has 15 heavy (non-hydrogen) atoms.